The number of Topliss-reactive ketones (excluding diaryl/α,β-unsaturated/α-hetero) is 1. The largest absolute Gasteiger partial charge is 0.431 e. The normalized spacial score (nSPS) is 19.3. The number of hydrogen-bond acceptors (Lipinski definition) is 3. The van der Waals surface area contributed by atoms with E-state index in [2.05, 4.69) is 81.5 Å². The van der Waals surface area contributed by atoms with Gasteiger partial charge in [-0.3, -0.25) is 9.59 Å². The van der Waals surface area contributed by atoms with Crippen LogP contribution in [0.25, 0.3) is 0 Å². The number of carbonyl (C=O) groups excluding carboxylic acids is 2. The van der Waals surface area contributed by atoms with Crippen molar-refractivity contribution in [3.05, 3.63) is 36.1 Å². The van der Waals surface area contributed by atoms with Gasteiger partial charge in [-0.1, -0.05) is 86.1 Å². The maximum atomic E-state index is 12.3. The molecule has 3 nitrogen and oxygen atoms in total. The number of rotatable bonds is 12. The van der Waals surface area contributed by atoms with Crippen molar-refractivity contribution in [3.8, 4) is 0 Å². The number of ether oxygens (including phenoxy) is 1. The highest BCUT2D eigenvalue weighted by atomic mass is 16.5. The number of carbonyl (C=O) groups is 2. The Kier molecular flexibility index (Phi) is 9.79. The molecule has 1 fully saturated rings. The molecule has 1 saturated heterocycles. The van der Waals surface area contributed by atoms with Gasteiger partial charge in [0.25, 0.3) is 0 Å². The summed E-state index contributed by atoms with van der Waals surface area (Å²) in [6.45, 7) is 32.9. The molecule has 34 heavy (non-hydrogen) atoms. The van der Waals surface area contributed by atoms with Crippen LogP contribution in [0.4, 0.5) is 0 Å². The first-order valence-corrected chi connectivity index (χ1v) is 12.9. The Morgan fingerprint density at radius 3 is 2.00 bits per heavy atom. The molecule has 0 N–H and O–H groups in total. The van der Waals surface area contributed by atoms with Crippen LogP contribution in [-0.4, -0.2) is 11.8 Å². The van der Waals surface area contributed by atoms with E-state index in [0.717, 1.165) is 24.8 Å². The molecule has 1 aliphatic rings. The zero-order valence-corrected chi connectivity index (χ0v) is 24.1. The molecule has 2 atom stereocenters. The van der Waals surface area contributed by atoms with Crippen molar-refractivity contribution in [1.82, 2.24) is 0 Å². The van der Waals surface area contributed by atoms with E-state index in [-0.39, 0.29) is 45.2 Å². The predicted molar refractivity (Wildman–Crippen MR) is 144 cm³/mol. The van der Waals surface area contributed by atoms with Crippen molar-refractivity contribution in [1.29, 1.82) is 0 Å². The Bertz CT molecular complexity index is 814. The molecule has 2 unspecified atom stereocenters. The van der Waals surface area contributed by atoms with E-state index < -0.39 is 0 Å². The first-order chi connectivity index (χ1) is 15.2. The highest BCUT2D eigenvalue weighted by Gasteiger charge is 2.45. The van der Waals surface area contributed by atoms with Crippen molar-refractivity contribution >= 4 is 11.8 Å². The monoisotopic (exact) mass is 472 g/mol. The summed E-state index contributed by atoms with van der Waals surface area (Å²) in [6.07, 6.45) is 6.84. The molecule has 0 bridgehead atoms. The summed E-state index contributed by atoms with van der Waals surface area (Å²) in [7, 11) is 0. The molecule has 0 aliphatic carbocycles. The van der Waals surface area contributed by atoms with Crippen molar-refractivity contribution in [2.45, 2.75) is 115 Å². The summed E-state index contributed by atoms with van der Waals surface area (Å²) in [5, 5.41) is 0. The quantitative estimate of drug-likeness (QED) is 0.210. The maximum Gasteiger partial charge on any atom is 0.311 e. The smallest absolute Gasteiger partial charge is 0.311 e. The Balaban J connectivity index is 3.24. The molecule has 0 spiro atoms. The van der Waals surface area contributed by atoms with Crippen LogP contribution in [0.2, 0.25) is 0 Å². The Hall–Kier alpha value is -1.64. The highest BCUT2D eigenvalue weighted by molar-refractivity contribution is 5.78. The summed E-state index contributed by atoms with van der Waals surface area (Å²) >= 11 is 0. The number of ketones is 1. The molecule has 0 amide bonds. The second-order valence-electron chi connectivity index (χ2n) is 13.9. The summed E-state index contributed by atoms with van der Waals surface area (Å²) in [5.41, 5.74) is 2.81. The Morgan fingerprint density at radius 2 is 1.59 bits per heavy atom. The van der Waals surface area contributed by atoms with Crippen molar-refractivity contribution in [2.24, 2.45) is 33.5 Å². The molecule has 194 valence electrons. The van der Waals surface area contributed by atoms with Crippen molar-refractivity contribution in [2.75, 3.05) is 0 Å². The zero-order chi connectivity index (χ0) is 26.7. The third-order valence-electron chi connectivity index (χ3n) is 8.90. The minimum Gasteiger partial charge on any atom is -0.431 e. The summed E-state index contributed by atoms with van der Waals surface area (Å²) < 4.78 is 5.27. The molecule has 0 aromatic carbocycles. The number of hydrogen-bond donors (Lipinski definition) is 0. The SMILES string of the molecule is C=C(C)CC(C/C=C(\CC1CC(=O)OC1=C)CC(C)(C)C(C)(C)CC(C)(C)C(C)(C)C)C(C)=O. The molecule has 3 heteroatoms. The van der Waals surface area contributed by atoms with Gasteiger partial charge in [-0.2, -0.15) is 0 Å². The van der Waals surface area contributed by atoms with Gasteiger partial charge in [-0.05, 0) is 67.6 Å². The molecule has 0 saturated carbocycles. The number of cyclic esters (lactones) is 1. The minimum absolute atomic E-state index is 0.0144. The number of esters is 1. The zero-order valence-electron chi connectivity index (χ0n) is 24.1. The fourth-order valence-electron chi connectivity index (χ4n) is 4.86. The van der Waals surface area contributed by atoms with E-state index in [0.29, 0.717) is 25.0 Å². The van der Waals surface area contributed by atoms with Crippen LogP contribution in [0.5, 0.6) is 0 Å². The van der Waals surface area contributed by atoms with E-state index >= 15 is 0 Å². The van der Waals surface area contributed by atoms with Crippen molar-refractivity contribution in [3.63, 3.8) is 0 Å². The van der Waals surface area contributed by atoms with Gasteiger partial charge < -0.3 is 4.74 Å². The van der Waals surface area contributed by atoms with Gasteiger partial charge in [0.15, 0.2) is 0 Å². The third-order valence-corrected chi connectivity index (χ3v) is 8.90. The average molecular weight is 473 g/mol. The second kappa shape index (κ2) is 11.0. The van der Waals surface area contributed by atoms with E-state index in [4.69, 9.17) is 4.74 Å². The predicted octanol–water partition coefficient (Wildman–Crippen LogP) is 8.85. The first-order valence-electron chi connectivity index (χ1n) is 12.9. The first kappa shape index (κ1) is 30.4. The lowest BCUT2D eigenvalue weighted by Crippen LogP contribution is -2.41. The van der Waals surface area contributed by atoms with E-state index in [9.17, 15) is 9.59 Å². The van der Waals surface area contributed by atoms with Gasteiger partial charge in [0, 0.05) is 11.8 Å². The Morgan fingerprint density at radius 1 is 1.03 bits per heavy atom. The van der Waals surface area contributed by atoms with Gasteiger partial charge in [-0.15, -0.1) is 6.58 Å². The van der Waals surface area contributed by atoms with Crippen LogP contribution >= 0.6 is 0 Å². The van der Waals surface area contributed by atoms with Gasteiger partial charge in [0.1, 0.15) is 11.5 Å². The van der Waals surface area contributed by atoms with Crippen LogP contribution in [0, 0.1) is 33.5 Å². The van der Waals surface area contributed by atoms with Crippen LogP contribution < -0.4 is 0 Å². The second-order valence-corrected chi connectivity index (χ2v) is 13.9. The lowest BCUT2D eigenvalue weighted by molar-refractivity contribution is -0.135. The molecule has 1 heterocycles. The third kappa shape index (κ3) is 8.24. The maximum absolute atomic E-state index is 12.3. The lowest BCUT2D eigenvalue weighted by atomic mass is 9.54. The molecule has 0 aromatic heterocycles. The minimum atomic E-state index is -0.190. The summed E-state index contributed by atoms with van der Waals surface area (Å²) in [5.74, 6) is 0.555. The van der Waals surface area contributed by atoms with Crippen LogP contribution in [0.1, 0.15) is 115 Å². The van der Waals surface area contributed by atoms with Crippen LogP contribution in [0.15, 0.2) is 36.1 Å². The molecular formula is C31H52O3. The van der Waals surface area contributed by atoms with E-state index in [1.165, 1.54) is 5.57 Å². The fourth-order valence-corrected chi connectivity index (χ4v) is 4.86. The molecule has 1 rings (SSSR count). The highest BCUT2D eigenvalue weighted by Crippen LogP contribution is 2.54. The standard InChI is InChI=1S/C31H52O3/c1-21(2)16-25(22(3)32)15-14-24(17-26-18-27(33)34-23(26)4)19-29(8,9)31(12,13)20-30(10,11)28(5,6)7/h14,25-26H,1,4,15-20H2,2-3,5-13H3/b24-14+. The lowest BCUT2D eigenvalue weighted by Gasteiger charge is -2.50. The Labute approximate surface area is 210 Å². The summed E-state index contributed by atoms with van der Waals surface area (Å²) in [6, 6.07) is 0. The van der Waals surface area contributed by atoms with Crippen LogP contribution in [0.3, 0.4) is 0 Å². The average Bonchev–Trinajstić information content (AvgIpc) is 2.92. The van der Waals surface area contributed by atoms with E-state index in [1.54, 1.807) is 6.92 Å². The summed E-state index contributed by atoms with van der Waals surface area (Å²) in [4.78, 5) is 24.1. The fraction of sp³-hybridized carbons (Fsp3) is 0.742. The van der Waals surface area contributed by atoms with E-state index in [1.807, 2.05) is 6.92 Å². The van der Waals surface area contributed by atoms with Crippen LogP contribution in [-0.2, 0) is 14.3 Å². The van der Waals surface area contributed by atoms with Gasteiger partial charge in [0.2, 0.25) is 0 Å². The van der Waals surface area contributed by atoms with Gasteiger partial charge in [0.05, 0.1) is 6.42 Å². The topological polar surface area (TPSA) is 43.4 Å². The molecular weight excluding hydrogens is 420 g/mol. The van der Waals surface area contributed by atoms with Gasteiger partial charge in [-0.25, -0.2) is 0 Å². The molecule has 0 aromatic rings. The number of allylic oxidation sites excluding steroid dienone is 4. The molecule has 1 aliphatic heterocycles. The van der Waals surface area contributed by atoms with Gasteiger partial charge >= 0.3 is 5.97 Å². The molecule has 0 radical (unpaired) electrons. The van der Waals surface area contributed by atoms with Crippen molar-refractivity contribution < 1.29 is 14.3 Å².